The summed E-state index contributed by atoms with van der Waals surface area (Å²) < 4.78 is 0. The van der Waals surface area contributed by atoms with Crippen molar-refractivity contribution in [1.82, 2.24) is 10.2 Å². The maximum Gasteiger partial charge on any atom is 0.254 e. The lowest BCUT2D eigenvalue weighted by Gasteiger charge is -2.34. The van der Waals surface area contributed by atoms with Gasteiger partial charge in [-0.1, -0.05) is 35.9 Å². The average molecular weight is 386 g/mol. The third-order valence-corrected chi connectivity index (χ3v) is 4.70. The van der Waals surface area contributed by atoms with Crippen LogP contribution >= 0.6 is 11.6 Å². The molecule has 1 atom stereocenters. The Morgan fingerprint density at radius 3 is 2.74 bits per heavy atom. The van der Waals surface area contributed by atoms with Gasteiger partial charge in [0, 0.05) is 29.4 Å². The summed E-state index contributed by atoms with van der Waals surface area (Å²) in [5.41, 5.74) is 2.00. The van der Waals surface area contributed by atoms with Crippen molar-refractivity contribution in [3.8, 4) is 0 Å². The zero-order valence-corrected chi connectivity index (χ0v) is 15.6. The second kappa shape index (κ2) is 8.22. The summed E-state index contributed by atoms with van der Waals surface area (Å²) in [5, 5.41) is 5.97. The SMILES string of the molecule is Cc1ccccc1NC(=O)C[C@H]1C(=O)NCCN1C(=O)c1cccc(Cl)c1. The molecule has 1 fully saturated rings. The van der Waals surface area contributed by atoms with Gasteiger partial charge >= 0.3 is 0 Å². The molecule has 1 aliphatic rings. The highest BCUT2D eigenvalue weighted by Crippen LogP contribution is 2.19. The number of rotatable bonds is 4. The van der Waals surface area contributed by atoms with E-state index in [0.717, 1.165) is 5.56 Å². The molecule has 1 aliphatic heterocycles. The number of carbonyl (C=O) groups excluding carboxylic acids is 3. The molecule has 0 aromatic heterocycles. The minimum absolute atomic E-state index is 0.119. The summed E-state index contributed by atoms with van der Waals surface area (Å²) in [4.78, 5) is 39.1. The van der Waals surface area contributed by atoms with Crippen LogP contribution in [0.2, 0.25) is 5.02 Å². The third kappa shape index (κ3) is 4.46. The molecular weight excluding hydrogens is 366 g/mol. The van der Waals surface area contributed by atoms with Crippen molar-refractivity contribution in [3.05, 3.63) is 64.7 Å². The van der Waals surface area contributed by atoms with Gasteiger partial charge in [-0.15, -0.1) is 0 Å². The number of nitrogens with zero attached hydrogens (tertiary/aromatic N) is 1. The Morgan fingerprint density at radius 2 is 2.00 bits per heavy atom. The predicted octanol–water partition coefficient (Wildman–Crippen LogP) is 2.62. The number of benzene rings is 2. The largest absolute Gasteiger partial charge is 0.353 e. The van der Waals surface area contributed by atoms with Crippen molar-refractivity contribution in [2.75, 3.05) is 18.4 Å². The maximum atomic E-state index is 12.9. The number of hydrogen-bond acceptors (Lipinski definition) is 3. The first-order chi connectivity index (χ1) is 13.0. The highest BCUT2D eigenvalue weighted by molar-refractivity contribution is 6.31. The Labute approximate surface area is 162 Å². The van der Waals surface area contributed by atoms with Gasteiger partial charge in [0.05, 0.1) is 6.42 Å². The third-order valence-electron chi connectivity index (χ3n) is 4.46. The van der Waals surface area contributed by atoms with Gasteiger partial charge in [-0.25, -0.2) is 0 Å². The van der Waals surface area contributed by atoms with Gasteiger partial charge in [-0.05, 0) is 36.8 Å². The first-order valence-electron chi connectivity index (χ1n) is 8.65. The van der Waals surface area contributed by atoms with Crippen LogP contribution in [0.15, 0.2) is 48.5 Å². The zero-order chi connectivity index (χ0) is 19.4. The molecule has 2 aromatic carbocycles. The minimum Gasteiger partial charge on any atom is -0.353 e. The van der Waals surface area contributed by atoms with Crippen LogP contribution in [0, 0.1) is 6.92 Å². The Morgan fingerprint density at radius 1 is 1.22 bits per heavy atom. The van der Waals surface area contributed by atoms with Gasteiger partial charge in [0.15, 0.2) is 0 Å². The van der Waals surface area contributed by atoms with Gasteiger partial charge < -0.3 is 15.5 Å². The second-order valence-electron chi connectivity index (χ2n) is 6.38. The van der Waals surface area contributed by atoms with E-state index in [-0.39, 0.29) is 24.1 Å². The van der Waals surface area contributed by atoms with Crippen LogP contribution < -0.4 is 10.6 Å². The van der Waals surface area contributed by atoms with Gasteiger partial charge in [0.25, 0.3) is 5.91 Å². The monoisotopic (exact) mass is 385 g/mol. The first-order valence-corrected chi connectivity index (χ1v) is 9.03. The second-order valence-corrected chi connectivity index (χ2v) is 6.82. The number of anilines is 1. The van der Waals surface area contributed by atoms with E-state index in [2.05, 4.69) is 10.6 Å². The normalized spacial score (nSPS) is 16.6. The van der Waals surface area contributed by atoms with Gasteiger partial charge in [-0.2, -0.15) is 0 Å². The molecule has 0 aliphatic carbocycles. The molecule has 0 saturated carbocycles. The molecule has 0 spiro atoms. The standard InChI is InChI=1S/C20H20ClN3O3/c1-13-5-2-3-8-16(13)23-18(25)12-17-19(26)22-9-10-24(17)20(27)14-6-4-7-15(21)11-14/h2-8,11,17H,9-10,12H2,1H3,(H,22,26)(H,23,25)/t17-/m0/s1. The highest BCUT2D eigenvalue weighted by Gasteiger charge is 2.35. The van der Waals surface area contributed by atoms with E-state index >= 15 is 0 Å². The van der Waals surface area contributed by atoms with Gasteiger partial charge in [-0.3, -0.25) is 14.4 Å². The van der Waals surface area contributed by atoms with E-state index < -0.39 is 6.04 Å². The topological polar surface area (TPSA) is 78.5 Å². The summed E-state index contributed by atoms with van der Waals surface area (Å²) in [6.45, 7) is 2.57. The van der Waals surface area contributed by atoms with Crippen LogP contribution in [-0.4, -0.2) is 41.8 Å². The first kappa shape index (κ1) is 18.9. The molecule has 2 aromatic rings. The molecule has 2 N–H and O–H groups in total. The molecule has 140 valence electrons. The van der Waals surface area contributed by atoms with E-state index in [0.29, 0.717) is 29.4 Å². The van der Waals surface area contributed by atoms with E-state index in [9.17, 15) is 14.4 Å². The van der Waals surface area contributed by atoms with E-state index in [1.54, 1.807) is 30.3 Å². The molecular formula is C20H20ClN3O3. The molecule has 7 heteroatoms. The van der Waals surface area contributed by atoms with Crippen LogP contribution in [0.25, 0.3) is 0 Å². The van der Waals surface area contributed by atoms with Gasteiger partial charge in [0.2, 0.25) is 11.8 Å². The van der Waals surface area contributed by atoms with Crippen molar-refractivity contribution in [3.63, 3.8) is 0 Å². The molecule has 3 amide bonds. The van der Waals surface area contributed by atoms with Crippen LogP contribution in [0.3, 0.4) is 0 Å². The summed E-state index contributed by atoms with van der Waals surface area (Å²) in [7, 11) is 0. The molecule has 1 saturated heterocycles. The Bertz CT molecular complexity index is 884. The van der Waals surface area contributed by atoms with E-state index in [4.69, 9.17) is 11.6 Å². The fourth-order valence-electron chi connectivity index (χ4n) is 3.04. The number of halogens is 1. The summed E-state index contributed by atoms with van der Waals surface area (Å²) in [6.07, 6.45) is -0.119. The van der Waals surface area contributed by atoms with Gasteiger partial charge in [0.1, 0.15) is 6.04 Å². The fourth-order valence-corrected chi connectivity index (χ4v) is 3.23. The molecule has 27 heavy (non-hydrogen) atoms. The van der Waals surface area contributed by atoms with Crippen molar-refractivity contribution >= 4 is 35.0 Å². The Balaban J connectivity index is 1.76. The minimum atomic E-state index is -0.866. The van der Waals surface area contributed by atoms with Crippen molar-refractivity contribution in [1.29, 1.82) is 0 Å². The number of para-hydroxylation sites is 1. The van der Waals surface area contributed by atoms with E-state index in [1.165, 1.54) is 4.90 Å². The summed E-state index contributed by atoms with van der Waals surface area (Å²) >= 11 is 5.97. The molecule has 3 rings (SSSR count). The molecule has 0 unspecified atom stereocenters. The number of aryl methyl sites for hydroxylation is 1. The lowest BCUT2D eigenvalue weighted by molar-refractivity contribution is -0.131. The number of amides is 3. The molecule has 0 bridgehead atoms. The lowest BCUT2D eigenvalue weighted by Crippen LogP contribution is -2.58. The summed E-state index contributed by atoms with van der Waals surface area (Å²) in [6, 6.07) is 13.1. The maximum absolute atomic E-state index is 12.9. The number of piperazine rings is 1. The summed E-state index contributed by atoms with van der Waals surface area (Å²) in [5.74, 6) is -0.979. The van der Waals surface area contributed by atoms with Crippen molar-refractivity contribution in [2.24, 2.45) is 0 Å². The number of nitrogens with one attached hydrogen (secondary N) is 2. The zero-order valence-electron chi connectivity index (χ0n) is 14.9. The van der Waals surface area contributed by atoms with E-state index in [1.807, 2.05) is 25.1 Å². The molecule has 0 radical (unpaired) electrons. The van der Waals surface area contributed by atoms with Crippen LogP contribution in [0.4, 0.5) is 5.69 Å². The quantitative estimate of drug-likeness (QED) is 0.849. The van der Waals surface area contributed by atoms with Crippen LogP contribution in [-0.2, 0) is 9.59 Å². The van der Waals surface area contributed by atoms with Crippen LogP contribution in [0.5, 0.6) is 0 Å². The average Bonchev–Trinajstić information content (AvgIpc) is 2.65. The predicted molar refractivity (Wildman–Crippen MR) is 104 cm³/mol. The number of hydrogen-bond donors (Lipinski definition) is 2. The molecule has 6 nitrogen and oxygen atoms in total. The van der Waals surface area contributed by atoms with Crippen LogP contribution in [0.1, 0.15) is 22.3 Å². The van der Waals surface area contributed by atoms with Crippen molar-refractivity contribution < 1.29 is 14.4 Å². The smallest absolute Gasteiger partial charge is 0.254 e. The molecule has 1 heterocycles. The number of carbonyl (C=O) groups is 3. The Kier molecular flexibility index (Phi) is 5.76. The highest BCUT2D eigenvalue weighted by atomic mass is 35.5. The Hall–Kier alpha value is -2.86. The lowest BCUT2D eigenvalue weighted by atomic mass is 10.1. The fraction of sp³-hybridized carbons (Fsp3) is 0.250. The van der Waals surface area contributed by atoms with Crippen molar-refractivity contribution in [2.45, 2.75) is 19.4 Å².